The van der Waals surface area contributed by atoms with E-state index in [1.54, 1.807) is 32.2 Å². The highest BCUT2D eigenvalue weighted by atomic mass is 79.9. The number of hydrogen-bond acceptors (Lipinski definition) is 4. The fourth-order valence-corrected chi connectivity index (χ4v) is 4.38. The van der Waals surface area contributed by atoms with Gasteiger partial charge in [0, 0.05) is 17.1 Å². The van der Waals surface area contributed by atoms with E-state index in [9.17, 15) is 13.2 Å². The second kappa shape index (κ2) is 8.45. The van der Waals surface area contributed by atoms with Crippen molar-refractivity contribution in [3.05, 3.63) is 49.7 Å². The molecule has 0 unspecified atom stereocenters. The molecule has 2 aromatic rings. The number of hydrogen-bond donors (Lipinski definition) is 2. The van der Waals surface area contributed by atoms with Gasteiger partial charge in [-0.15, -0.1) is 0 Å². The molecule has 0 aliphatic rings. The van der Waals surface area contributed by atoms with Crippen molar-refractivity contribution >= 4 is 54.7 Å². The Kier molecular flexibility index (Phi) is 6.76. The number of benzene rings is 1. The maximum atomic E-state index is 12.3. The van der Waals surface area contributed by atoms with Crippen LogP contribution in [-0.2, 0) is 17.1 Å². The molecule has 1 heterocycles. The predicted octanol–water partition coefficient (Wildman–Crippen LogP) is 4.40. The molecular weight excluding hydrogens is 442 g/mol. The van der Waals surface area contributed by atoms with Crippen LogP contribution < -0.4 is 15.6 Å². The van der Waals surface area contributed by atoms with Crippen LogP contribution in [0.5, 0.6) is 0 Å². The molecule has 0 bridgehead atoms. The third-order valence-corrected chi connectivity index (χ3v) is 5.97. The summed E-state index contributed by atoms with van der Waals surface area (Å²) < 4.78 is 29.4. The largest absolute Gasteiger partial charge is 0.339 e. The first-order valence-corrected chi connectivity index (χ1v) is 10.9. The van der Waals surface area contributed by atoms with Crippen molar-refractivity contribution in [3.8, 4) is 0 Å². The zero-order chi connectivity index (χ0) is 19.5. The summed E-state index contributed by atoms with van der Waals surface area (Å²) >= 11 is 9.57. The van der Waals surface area contributed by atoms with E-state index in [1.165, 1.54) is 10.6 Å². The van der Waals surface area contributed by atoms with Gasteiger partial charge in [-0.1, -0.05) is 40.9 Å². The van der Waals surface area contributed by atoms with Gasteiger partial charge < -0.3 is 5.32 Å². The van der Waals surface area contributed by atoms with Crippen molar-refractivity contribution in [2.45, 2.75) is 26.7 Å². The zero-order valence-corrected chi connectivity index (χ0v) is 17.9. The van der Waals surface area contributed by atoms with E-state index in [0.29, 0.717) is 34.2 Å². The Bertz CT molecular complexity index is 974. The second-order valence-electron chi connectivity index (χ2n) is 5.98. The lowest BCUT2D eigenvalue weighted by molar-refractivity contribution is 0.598. The van der Waals surface area contributed by atoms with Crippen molar-refractivity contribution in [2.24, 2.45) is 7.05 Å². The third kappa shape index (κ3) is 5.02. The molecule has 9 heteroatoms. The summed E-state index contributed by atoms with van der Waals surface area (Å²) in [7, 11) is -1.94. The molecule has 26 heavy (non-hydrogen) atoms. The predicted molar refractivity (Wildman–Crippen MR) is 111 cm³/mol. The van der Waals surface area contributed by atoms with Crippen molar-refractivity contribution in [1.82, 2.24) is 4.57 Å². The minimum atomic E-state index is -3.52. The van der Waals surface area contributed by atoms with Crippen LogP contribution in [0, 0.1) is 6.92 Å². The highest BCUT2D eigenvalue weighted by Gasteiger charge is 2.17. The van der Waals surface area contributed by atoms with Gasteiger partial charge in [0.05, 0.1) is 22.2 Å². The molecule has 0 radical (unpaired) electrons. The number of unbranched alkanes of at least 4 members (excludes halogenated alkanes) is 1. The summed E-state index contributed by atoms with van der Waals surface area (Å²) in [5, 5.41) is 3.50. The average Bonchev–Trinajstić information content (AvgIpc) is 2.56. The number of halogens is 2. The molecule has 0 amide bonds. The maximum absolute atomic E-state index is 12.3. The van der Waals surface area contributed by atoms with Gasteiger partial charge in [0.15, 0.2) is 0 Å². The summed E-state index contributed by atoms with van der Waals surface area (Å²) in [4.78, 5) is 12.3. The Labute approximate surface area is 166 Å². The van der Waals surface area contributed by atoms with Gasteiger partial charge in [0.25, 0.3) is 5.56 Å². The minimum absolute atomic E-state index is 0.0177. The topological polar surface area (TPSA) is 80.2 Å². The van der Waals surface area contributed by atoms with Gasteiger partial charge in [-0.25, -0.2) is 8.42 Å². The van der Waals surface area contributed by atoms with Gasteiger partial charge in [0.1, 0.15) is 5.82 Å². The number of nitrogens with zero attached hydrogens (tertiary/aromatic N) is 1. The van der Waals surface area contributed by atoms with Gasteiger partial charge in [0.2, 0.25) is 10.0 Å². The van der Waals surface area contributed by atoms with E-state index < -0.39 is 10.0 Å². The number of anilines is 3. The Balaban J connectivity index is 2.50. The molecule has 0 spiro atoms. The summed E-state index contributed by atoms with van der Waals surface area (Å²) in [5.41, 5.74) is 1.08. The van der Waals surface area contributed by atoms with Gasteiger partial charge in [-0.2, -0.15) is 0 Å². The van der Waals surface area contributed by atoms with Crippen LogP contribution in [0.2, 0.25) is 5.02 Å². The number of aromatic nitrogens is 1. The van der Waals surface area contributed by atoms with Crippen LogP contribution in [0.4, 0.5) is 17.2 Å². The second-order valence-corrected chi connectivity index (χ2v) is 9.14. The van der Waals surface area contributed by atoms with Gasteiger partial charge in [-0.3, -0.25) is 14.1 Å². The van der Waals surface area contributed by atoms with Crippen LogP contribution in [0.15, 0.2) is 33.5 Å². The molecule has 0 fully saturated rings. The van der Waals surface area contributed by atoms with Crippen LogP contribution >= 0.6 is 27.5 Å². The Morgan fingerprint density at radius 1 is 1.23 bits per heavy atom. The monoisotopic (exact) mass is 461 g/mol. The van der Waals surface area contributed by atoms with E-state index in [-0.39, 0.29) is 11.3 Å². The molecule has 0 aliphatic heterocycles. The van der Waals surface area contributed by atoms with Crippen molar-refractivity contribution < 1.29 is 8.42 Å². The van der Waals surface area contributed by atoms with Crippen LogP contribution in [0.1, 0.15) is 25.3 Å². The van der Waals surface area contributed by atoms with E-state index in [2.05, 4.69) is 26.0 Å². The van der Waals surface area contributed by atoms with Crippen molar-refractivity contribution in [1.29, 1.82) is 0 Å². The lowest BCUT2D eigenvalue weighted by Crippen LogP contribution is -2.25. The summed E-state index contributed by atoms with van der Waals surface area (Å²) in [5.74, 6) is 0.342. The lowest BCUT2D eigenvalue weighted by atomic mass is 10.2. The fraction of sp³-hybridized carbons (Fsp3) is 0.353. The maximum Gasteiger partial charge on any atom is 0.254 e. The number of pyridine rings is 1. The summed E-state index contributed by atoms with van der Waals surface area (Å²) in [6.07, 6.45) is 1.33. The molecule has 142 valence electrons. The Morgan fingerprint density at radius 2 is 1.92 bits per heavy atom. The van der Waals surface area contributed by atoms with E-state index in [1.807, 2.05) is 6.92 Å². The number of sulfonamides is 1. The van der Waals surface area contributed by atoms with Gasteiger partial charge in [-0.05, 0) is 37.6 Å². The summed E-state index contributed by atoms with van der Waals surface area (Å²) in [6.45, 7) is 3.57. The lowest BCUT2D eigenvalue weighted by Gasteiger charge is -2.19. The molecule has 1 aromatic heterocycles. The molecule has 2 N–H and O–H groups in total. The minimum Gasteiger partial charge on any atom is -0.339 e. The standard InChI is InChI=1S/C17H21BrClN3O3S/c1-4-5-8-26(24,25)21-15-9-11(2)17(23)22(3)16(15)20-14-7-6-12(18)10-13(14)19/h6-7,9-10,20-21H,4-5,8H2,1-3H3. The first-order chi connectivity index (χ1) is 12.1. The quantitative estimate of drug-likeness (QED) is 0.639. The first-order valence-electron chi connectivity index (χ1n) is 8.08. The smallest absolute Gasteiger partial charge is 0.254 e. The van der Waals surface area contributed by atoms with Crippen LogP contribution in [0.3, 0.4) is 0 Å². The van der Waals surface area contributed by atoms with Crippen LogP contribution in [-0.4, -0.2) is 18.7 Å². The number of aryl methyl sites for hydroxylation is 1. The molecule has 0 saturated carbocycles. The molecule has 0 saturated heterocycles. The molecule has 0 aliphatic carbocycles. The van der Waals surface area contributed by atoms with Gasteiger partial charge >= 0.3 is 0 Å². The van der Waals surface area contributed by atoms with E-state index >= 15 is 0 Å². The van der Waals surface area contributed by atoms with E-state index in [0.717, 1.165) is 10.9 Å². The SMILES string of the molecule is CCCCS(=O)(=O)Nc1cc(C)c(=O)n(C)c1Nc1ccc(Br)cc1Cl. The average molecular weight is 463 g/mol. The Morgan fingerprint density at radius 3 is 2.54 bits per heavy atom. The van der Waals surface area contributed by atoms with Crippen LogP contribution in [0.25, 0.3) is 0 Å². The number of nitrogens with one attached hydrogen (secondary N) is 2. The third-order valence-electron chi connectivity index (χ3n) is 3.81. The normalized spacial score (nSPS) is 11.4. The fourth-order valence-electron chi connectivity index (χ4n) is 2.39. The Hall–Kier alpha value is -1.51. The number of rotatable bonds is 7. The molecular formula is C17H21BrClN3O3S. The van der Waals surface area contributed by atoms with Crippen molar-refractivity contribution in [3.63, 3.8) is 0 Å². The highest BCUT2D eigenvalue weighted by Crippen LogP contribution is 2.31. The zero-order valence-electron chi connectivity index (χ0n) is 14.8. The molecule has 6 nitrogen and oxygen atoms in total. The van der Waals surface area contributed by atoms with Crippen molar-refractivity contribution in [2.75, 3.05) is 15.8 Å². The summed E-state index contributed by atoms with van der Waals surface area (Å²) in [6, 6.07) is 6.78. The highest BCUT2D eigenvalue weighted by molar-refractivity contribution is 9.10. The van der Waals surface area contributed by atoms with E-state index in [4.69, 9.17) is 11.6 Å². The molecule has 1 aromatic carbocycles. The molecule has 0 atom stereocenters. The first kappa shape index (κ1) is 20.8. The molecule has 2 rings (SSSR count).